The van der Waals surface area contributed by atoms with Crippen LogP contribution in [0.1, 0.15) is 55.1 Å². The summed E-state index contributed by atoms with van der Waals surface area (Å²) in [5.41, 5.74) is 3.30. The average Bonchev–Trinajstić information content (AvgIpc) is 2.54. The minimum atomic E-state index is -0.653. The molecule has 2 aromatic rings. The number of hydrogen-bond acceptors (Lipinski definition) is 3. The molecule has 0 aliphatic heterocycles. The van der Waals surface area contributed by atoms with Gasteiger partial charge in [-0.1, -0.05) is 38.1 Å². The second kappa shape index (κ2) is 7.97. The molecule has 0 spiro atoms. The Hall–Kier alpha value is -2.62. The SMILES string of the molecule is CC(=O)c1cccc(NC(=O)[C@@H](C)Oc2cc(C)ccc2C(C)C)c1. The van der Waals surface area contributed by atoms with Gasteiger partial charge in [-0.3, -0.25) is 9.59 Å². The van der Waals surface area contributed by atoms with Crippen LogP contribution < -0.4 is 10.1 Å². The Kier molecular flexibility index (Phi) is 5.97. The van der Waals surface area contributed by atoms with Gasteiger partial charge in [-0.25, -0.2) is 0 Å². The molecule has 1 amide bonds. The first-order chi connectivity index (χ1) is 11.8. The van der Waals surface area contributed by atoms with E-state index in [0.29, 0.717) is 17.2 Å². The van der Waals surface area contributed by atoms with Gasteiger partial charge in [0.15, 0.2) is 11.9 Å². The third-order valence-electron chi connectivity index (χ3n) is 4.00. The number of hydrogen-bond donors (Lipinski definition) is 1. The molecular weight excluding hydrogens is 314 g/mol. The van der Waals surface area contributed by atoms with Gasteiger partial charge < -0.3 is 10.1 Å². The number of nitrogens with one attached hydrogen (secondary N) is 1. The number of carbonyl (C=O) groups is 2. The first kappa shape index (κ1) is 18.7. The van der Waals surface area contributed by atoms with E-state index in [1.807, 2.05) is 25.1 Å². The quantitative estimate of drug-likeness (QED) is 0.774. The maximum atomic E-state index is 12.4. The summed E-state index contributed by atoms with van der Waals surface area (Å²) in [4.78, 5) is 23.9. The van der Waals surface area contributed by atoms with Crippen molar-refractivity contribution in [1.82, 2.24) is 0 Å². The van der Waals surface area contributed by atoms with Crippen molar-refractivity contribution >= 4 is 17.4 Å². The lowest BCUT2D eigenvalue weighted by molar-refractivity contribution is -0.122. The van der Waals surface area contributed by atoms with E-state index in [4.69, 9.17) is 4.74 Å². The van der Waals surface area contributed by atoms with Crippen molar-refractivity contribution in [3.05, 3.63) is 59.2 Å². The van der Waals surface area contributed by atoms with Crippen molar-refractivity contribution in [3.8, 4) is 5.75 Å². The molecular formula is C21H25NO3. The number of aryl methyl sites for hydroxylation is 1. The summed E-state index contributed by atoms with van der Waals surface area (Å²) < 4.78 is 5.92. The standard InChI is InChI=1S/C21H25NO3/c1-13(2)19-10-9-14(3)11-20(19)25-16(5)21(24)22-18-8-6-7-17(12-18)15(4)23/h6-13,16H,1-5H3,(H,22,24)/t16-/m1/s1. The van der Waals surface area contributed by atoms with Gasteiger partial charge in [-0.15, -0.1) is 0 Å². The third-order valence-corrected chi connectivity index (χ3v) is 4.00. The van der Waals surface area contributed by atoms with E-state index in [2.05, 4.69) is 19.2 Å². The lowest BCUT2D eigenvalue weighted by atomic mass is 10.0. The minimum absolute atomic E-state index is 0.0401. The van der Waals surface area contributed by atoms with Crippen LogP contribution in [0, 0.1) is 6.92 Å². The fourth-order valence-electron chi connectivity index (χ4n) is 2.52. The lowest BCUT2D eigenvalue weighted by Gasteiger charge is -2.19. The number of Topliss-reactive ketones (excluding diaryl/α,β-unsaturated/α-hetero) is 1. The highest BCUT2D eigenvalue weighted by atomic mass is 16.5. The number of ether oxygens (including phenoxy) is 1. The predicted molar refractivity (Wildman–Crippen MR) is 100 cm³/mol. The molecule has 0 aliphatic carbocycles. The van der Waals surface area contributed by atoms with Gasteiger partial charge in [-0.2, -0.15) is 0 Å². The Labute approximate surface area is 149 Å². The van der Waals surface area contributed by atoms with Gasteiger partial charge in [0, 0.05) is 11.3 Å². The van der Waals surface area contributed by atoms with Gasteiger partial charge in [0.2, 0.25) is 0 Å². The van der Waals surface area contributed by atoms with Gasteiger partial charge in [0.25, 0.3) is 5.91 Å². The van der Waals surface area contributed by atoms with E-state index in [9.17, 15) is 9.59 Å². The van der Waals surface area contributed by atoms with Crippen LogP contribution in [0.3, 0.4) is 0 Å². The van der Waals surface area contributed by atoms with Crippen LogP contribution in [0.5, 0.6) is 5.75 Å². The summed E-state index contributed by atoms with van der Waals surface area (Å²) in [5, 5.41) is 2.80. The topological polar surface area (TPSA) is 55.4 Å². The Morgan fingerprint density at radius 3 is 2.40 bits per heavy atom. The zero-order valence-corrected chi connectivity index (χ0v) is 15.4. The summed E-state index contributed by atoms with van der Waals surface area (Å²) in [7, 11) is 0. The maximum Gasteiger partial charge on any atom is 0.265 e. The van der Waals surface area contributed by atoms with Crippen LogP contribution in [-0.2, 0) is 4.79 Å². The fourth-order valence-corrected chi connectivity index (χ4v) is 2.52. The molecule has 0 bridgehead atoms. The van der Waals surface area contributed by atoms with Crippen molar-refractivity contribution in [3.63, 3.8) is 0 Å². The first-order valence-electron chi connectivity index (χ1n) is 8.47. The fraction of sp³-hybridized carbons (Fsp3) is 0.333. The normalized spacial score (nSPS) is 11.9. The third kappa shape index (κ3) is 4.92. The highest BCUT2D eigenvalue weighted by Crippen LogP contribution is 2.28. The molecule has 132 valence electrons. The number of rotatable bonds is 6. The van der Waals surface area contributed by atoms with E-state index in [-0.39, 0.29) is 11.7 Å². The largest absolute Gasteiger partial charge is 0.481 e. The molecule has 0 aromatic heterocycles. The second-order valence-electron chi connectivity index (χ2n) is 6.58. The Bertz CT molecular complexity index is 780. The first-order valence-corrected chi connectivity index (χ1v) is 8.47. The summed E-state index contributed by atoms with van der Waals surface area (Å²) >= 11 is 0. The molecule has 2 rings (SSSR count). The zero-order chi connectivity index (χ0) is 18.6. The molecule has 0 saturated heterocycles. The van der Waals surface area contributed by atoms with Crippen LogP contribution in [0.25, 0.3) is 0 Å². The molecule has 0 aliphatic rings. The predicted octanol–water partition coefficient (Wildman–Crippen LogP) is 4.73. The van der Waals surface area contributed by atoms with Crippen LogP contribution >= 0.6 is 0 Å². The molecule has 0 fully saturated rings. The van der Waals surface area contributed by atoms with E-state index >= 15 is 0 Å². The van der Waals surface area contributed by atoms with Crippen LogP contribution in [0.4, 0.5) is 5.69 Å². The van der Waals surface area contributed by atoms with Crippen molar-refractivity contribution in [2.75, 3.05) is 5.32 Å². The van der Waals surface area contributed by atoms with Gasteiger partial charge in [0.05, 0.1) is 0 Å². The van der Waals surface area contributed by atoms with E-state index < -0.39 is 6.10 Å². The van der Waals surface area contributed by atoms with Crippen molar-refractivity contribution in [2.45, 2.75) is 46.6 Å². The molecule has 4 nitrogen and oxygen atoms in total. The molecule has 0 unspecified atom stereocenters. The molecule has 4 heteroatoms. The Morgan fingerprint density at radius 2 is 1.76 bits per heavy atom. The number of benzene rings is 2. The van der Waals surface area contributed by atoms with Gasteiger partial charge >= 0.3 is 0 Å². The van der Waals surface area contributed by atoms with Gasteiger partial charge in [-0.05, 0) is 56.0 Å². The number of ketones is 1. The molecule has 1 atom stereocenters. The van der Waals surface area contributed by atoms with E-state index in [1.54, 1.807) is 31.2 Å². The Balaban J connectivity index is 2.12. The molecule has 0 heterocycles. The summed E-state index contributed by atoms with van der Waals surface area (Å²) in [6, 6.07) is 12.9. The maximum absolute atomic E-state index is 12.4. The average molecular weight is 339 g/mol. The summed E-state index contributed by atoms with van der Waals surface area (Å²) in [5.74, 6) is 0.742. The van der Waals surface area contributed by atoms with E-state index in [0.717, 1.165) is 16.9 Å². The highest BCUT2D eigenvalue weighted by molar-refractivity contribution is 5.98. The second-order valence-corrected chi connectivity index (χ2v) is 6.58. The van der Waals surface area contributed by atoms with Crippen LogP contribution in [0.2, 0.25) is 0 Å². The van der Waals surface area contributed by atoms with E-state index in [1.165, 1.54) is 6.92 Å². The highest BCUT2D eigenvalue weighted by Gasteiger charge is 2.18. The van der Waals surface area contributed by atoms with Crippen molar-refractivity contribution in [1.29, 1.82) is 0 Å². The summed E-state index contributed by atoms with van der Waals surface area (Å²) in [6.45, 7) is 9.40. The lowest BCUT2D eigenvalue weighted by Crippen LogP contribution is -2.30. The monoisotopic (exact) mass is 339 g/mol. The van der Waals surface area contributed by atoms with Crippen molar-refractivity contribution < 1.29 is 14.3 Å². The molecule has 25 heavy (non-hydrogen) atoms. The number of carbonyl (C=O) groups excluding carboxylic acids is 2. The van der Waals surface area contributed by atoms with Crippen molar-refractivity contribution in [2.24, 2.45) is 0 Å². The molecule has 1 N–H and O–H groups in total. The molecule has 0 saturated carbocycles. The molecule has 0 radical (unpaired) electrons. The summed E-state index contributed by atoms with van der Waals surface area (Å²) in [6.07, 6.45) is -0.653. The van der Waals surface area contributed by atoms with Crippen LogP contribution in [0.15, 0.2) is 42.5 Å². The smallest absolute Gasteiger partial charge is 0.265 e. The number of amides is 1. The number of anilines is 1. The zero-order valence-electron chi connectivity index (χ0n) is 15.4. The van der Waals surface area contributed by atoms with Gasteiger partial charge in [0.1, 0.15) is 5.75 Å². The minimum Gasteiger partial charge on any atom is -0.481 e. The molecule has 2 aromatic carbocycles. The van der Waals surface area contributed by atoms with Crippen LogP contribution in [-0.4, -0.2) is 17.8 Å². The Morgan fingerprint density at radius 1 is 1.04 bits per heavy atom.